The Morgan fingerprint density at radius 1 is 1.42 bits per heavy atom. The molecule has 0 spiro atoms. The number of nitrogens with zero attached hydrogens (tertiary/aromatic N) is 3. The molecule has 7 nitrogen and oxygen atoms in total. The summed E-state index contributed by atoms with van der Waals surface area (Å²) < 4.78 is 27.9. The van der Waals surface area contributed by atoms with Gasteiger partial charge >= 0.3 is 0 Å². The molecule has 8 heteroatoms. The lowest BCUT2D eigenvalue weighted by Gasteiger charge is -2.07. The molecule has 1 aromatic heterocycles. The first-order valence-corrected chi connectivity index (χ1v) is 6.73. The smallest absolute Gasteiger partial charge is 0.267 e. The maximum Gasteiger partial charge on any atom is 0.267 e. The number of sulfonamides is 1. The van der Waals surface area contributed by atoms with Crippen molar-refractivity contribution < 1.29 is 8.42 Å². The lowest BCUT2D eigenvalue weighted by Crippen LogP contribution is -2.14. The van der Waals surface area contributed by atoms with Crippen LogP contribution in [0.15, 0.2) is 35.4 Å². The van der Waals surface area contributed by atoms with Gasteiger partial charge in [-0.25, -0.2) is 8.42 Å². The molecular formula is C11H11N5O2S. The molecule has 2 rings (SSSR count). The van der Waals surface area contributed by atoms with E-state index in [2.05, 4.69) is 9.82 Å². The van der Waals surface area contributed by atoms with Crippen LogP contribution in [0, 0.1) is 11.3 Å². The van der Waals surface area contributed by atoms with Gasteiger partial charge < -0.3 is 5.73 Å². The van der Waals surface area contributed by atoms with Crippen molar-refractivity contribution in [3.8, 4) is 6.07 Å². The molecule has 0 bridgehead atoms. The topological polar surface area (TPSA) is 114 Å². The molecule has 0 amide bonds. The standard InChI is InChI=1S/C11H11N5O2S/c1-16-7-10(11(13)14-16)19(17,18)15-9-5-3-2-4-8(9)6-12/h2-5,7,15H,1H3,(H2,13,14). The van der Waals surface area contributed by atoms with E-state index in [0.717, 1.165) is 0 Å². The van der Waals surface area contributed by atoms with Crippen LogP contribution in [0.5, 0.6) is 0 Å². The molecule has 0 unspecified atom stereocenters. The van der Waals surface area contributed by atoms with Gasteiger partial charge in [0.25, 0.3) is 10.0 Å². The fourth-order valence-corrected chi connectivity index (χ4v) is 2.75. The number of nitrogen functional groups attached to an aromatic ring is 1. The van der Waals surface area contributed by atoms with Crippen LogP contribution in [0.3, 0.4) is 0 Å². The molecule has 0 aliphatic heterocycles. The molecule has 0 fully saturated rings. The average Bonchev–Trinajstić information content (AvgIpc) is 2.69. The van der Waals surface area contributed by atoms with Crippen LogP contribution in [0.25, 0.3) is 0 Å². The zero-order chi connectivity index (χ0) is 14.0. The Morgan fingerprint density at radius 2 is 2.11 bits per heavy atom. The summed E-state index contributed by atoms with van der Waals surface area (Å²) in [5.41, 5.74) is 5.97. The van der Waals surface area contributed by atoms with Crippen LogP contribution >= 0.6 is 0 Å². The summed E-state index contributed by atoms with van der Waals surface area (Å²) in [6.45, 7) is 0. The van der Waals surface area contributed by atoms with Gasteiger partial charge in [0, 0.05) is 13.2 Å². The van der Waals surface area contributed by atoms with E-state index in [4.69, 9.17) is 11.0 Å². The van der Waals surface area contributed by atoms with E-state index >= 15 is 0 Å². The summed E-state index contributed by atoms with van der Waals surface area (Å²) in [5.74, 6) is -0.0931. The van der Waals surface area contributed by atoms with Gasteiger partial charge in [-0.05, 0) is 12.1 Å². The number of aryl methyl sites for hydroxylation is 1. The summed E-state index contributed by atoms with van der Waals surface area (Å²) in [7, 11) is -2.30. The van der Waals surface area contributed by atoms with Gasteiger partial charge in [0.2, 0.25) is 0 Å². The maximum atomic E-state index is 12.2. The van der Waals surface area contributed by atoms with Crippen LogP contribution in [0.1, 0.15) is 5.56 Å². The predicted octanol–water partition coefficient (Wildman–Crippen LogP) is 0.675. The lowest BCUT2D eigenvalue weighted by molar-refractivity contribution is 0.601. The van der Waals surface area contributed by atoms with Crippen LogP contribution in [-0.2, 0) is 17.1 Å². The Bertz CT molecular complexity index is 758. The molecule has 19 heavy (non-hydrogen) atoms. The number of nitrogens with two attached hydrogens (primary N) is 1. The van der Waals surface area contributed by atoms with E-state index in [0.29, 0.717) is 0 Å². The molecule has 98 valence electrons. The number of hydrogen-bond acceptors (Lipinski definition) is 5. The van der Waals surface area contributed by atoms with Gasteiger partial charge in [-0.3, -0.25) is 9.40 Å². The molecule has 0 aliphatic rings. The molecule has 3 N–H and O–H groups in total. The number of hydrogen-bond donors (Lipinski definition) is 2. The third-order valence-corrected chi connectivity index (χ3v) is 3.79. The van der Waals surface area contributed by atoms with Crippen molar-refractivity contribution in [3.05, 3.63) is 36.0 Å². The highest BCUT2D eigenvalue weighted by Crippen LogP contribution is 2.22. The highest BCUT2D eigenvalue weighted by atomic mass is 32.2. The normalized spacial score (nSPS) is 10.9. The van der Waals surface area contributed by atoms with Crippen LogP contribution in [0.2, 0.25) is 0 Å². The quantitative estimate of drug-likeness (QED) is 0.856. The van der Waals surface area contributed by atoms with Crippen molar-refractivity contribution in [3.63, 3.8) is 0 Å². The zero-order valence-electron chi connectivity index (χ0n) is 10.0. The van der Waals surface area contributed by atoms with Crippen molar-refractivity contribution in [2.45, 2.75) is 4.90 Å². The number of nitrogens with one attached hydrogen (secondary N) is 1. The minimum atomic E-state index is -3.87. The summed E-state index contributed by atoms with van der Waals surface area (Å²) in [6.07, 6.45) is 1.30. The molecule has 0 radical (unpaired) electrons. The third-order valence-electron chi connectivity index (χ3n) is 2.40. The number of aromatic nitrogens is 2. The van der Waals surface area contributed by atoms with Crippen molar-refractivity contribution in [1.82, 2.24) is 9.78 Å². The van der Waals surface area contributed by atoms with E-state index in [-0.39, 0.29) is 22.0 Å². The molecule has 0 saturated heterocycles. The highest BCUT2D eigenvalue weighted by molar-refractivity contribution is 7.92. The molecule has 1 heterocycles. The van der Waals surface area contributed by atoms with E-state index in [1.165, 1.54) is 23.0 Å². The SMILES string of the molecule is Cn1cc(S(=O)(=O)Nc2ccccc2C#N)c(N)n1. The molecule has 1 aromatic carbocycles. The van der Waals surface area contributed by atoms with Crippen molar-refractivity contribution in [1.29, 1.82) is 5.26 Å². The van der Waals surface area contributed by atoms with Crippen LogP contribution < -0.4 is 10.5 Å². The second-order valence-electron chi connectivity index (χ2n) is 3.82. The summed E-state index contributed by atoms with van der Waals surface area (Å²) in [5, 5.41) is 12.7. The van der Waals surface area contributed by atoms with Gasteiger partial charge in [-0.2, -0.15) is 10.4 Å². The van der Waals surface area contributed by atoms with E-state index in [9.17, 15) is 8.42 Å². The van der Waals surface area contributed by atoms with Gasteiger partial charge in [-0.1, -0.05) is 12.1 Å². The number of anilines is 2. The van der Waals surface area contributed by atoms with E-state index in [1.54, 1.807) is 19.2 Å². The van der Waals surface area contributed by atoms with Gasteiger partial charge in [0.05, 0.1) is 11.3 Å². The van der Waals surface area contributed by atoms with Crippen LogP contribution in [-0.4, -0.2) is 18.2 Å². The van der Waals surface area contributed by atoms with Crippen molar-refractivity contribution in [2.75, 3.05) is 10.5 Å². The average molecular weight is 277 g/mol. The van der Waals surface area contributed by atoms with Gasteiger partial charge in [0.15, 0.2) is 5.82 Å². The number of para-hydroxylation sites is 1. The Hall–Kier alpha value is -2.53. The largest absolute Gasteiger partial charge is 0.381 e. The van der Waals surface area contributed by atoms with E-state index < -0.39 is 10.0 Å². The van der Waals surface area contributed by atoms with Crippen molar-refractivity contribution >= 4 is 21.5 Å². The zero-order valence-corrected chi connectivity index (χ0v) is 10.8. The summed E-state index contributed by atoms with van der Waals surface area (Å²) in [4.78, 5) is -0.122. The summed E-state index contributed by atoms with van der Waals surface area (Å²) in [6, 6.07) is 8.21. The maximum absolute atomic E-state index is 12.2. The molecule has 0 atom stereocenters. The second-order valence-corrected chi connectivity index (χ2v) is 5.47. The first kappa shape index (κ1) is 12.9. The fourth-order valence-electron chi connectivity index (χ4n) is 1.56. The van der Waals surface area contributed by atoms with Gasteiger partial charge in [0.1, 0.15) is 11.0 Å². The first-order valence-electron chi connectivity index (χ1n) is 5.25. The minimum absolute atomic E-state index is 0.0931. The number of rotatable bonds is 3. The monoisotopic (exact) mass is 277 g/mol. The third kappa shape index (κ3) is 2.51. The molecule has 0 aliphatic carbocycles. The Labute approximate surface area is 110 Å². The van der Waals surface area contributed by atoms with E-state index in [1.807, 2.05) is 6.07 Å². The fraction of sp³-hybridized carbons (Fsp3) is 0.0909. The van der Waals surface area contributed by atoms with Gasteiger partial charge in [-0.15, -0.1) is 0 Å². The molecular weight excluding hydrogens is 266 g/mol. The van der Waals surface area contributed by atoms with Crippen molar-refractivity contribution in [2.24, 2.45) is 7.05 Å². The predicted molar refractivity (Wildman–Crippen MR) is 69.6 cm³/mol. The Kier molecular flexibility index (Phi) is 3.14. The molecule has 0 saturated carbocycles. The highest BCUT2D eigenvalue weighted by Gasteiger charge is 2.21. The Balaban J connectivity index is 2.43. The first-order chi connectivity index (χ1) is 8.94. The lowest BCUT2D eigenvalue weighted by atomic mass is 10.2. The number of benzene rings is 1. The number of nitriles is 1. The van der Waals surface area contributed by atoms with Crippen LogP contribution in [0.4, 0.5) is 11.5 Å². The summed E-state index contributed by atoms with van der Waals surface area (Å²) >= 11 is 0. The minimum Gasteiger partial charge on any atom is -0.381 e. The molecule has 2 aromatic rings. The second kappa shape index (κ2) is 4.62. The Morgan fingerprint density at radius 3 is 2.68 bits per heavy atom.